The minimum atomic E-state index is 0.808. The third kappa shape index (κ3) is 4.54. The molecule has 5 nitrogen and oxygen atoms in total. The molecule has 0 bridgehead atoms. The molecule has 1 heterocycles. The normalized spacial score (nSPS) is 11.0. The molecular weight excluding hydrogens is 282 g/mol. The molecule has 1 aromatic heterocycles. The number of hydrogen-bond donors (Lipinski definition) is 1. The molecule has 0 aliphatic heterocycles. The summed E-state index contributed by atoms with van der Waals surface area (Å²) < 4.78 is 1.88. The smallest absolute Gasteiger partial charge is 0.209 e. The van der Waals surface area contributed by atoms with Crippen LogP contribution in [0.25, 0.3) is 0 Å². The molecule has 0 saturated heterocycles. The lowest BCUT2D eigenvalue weighted by Gasteiger charge is -2.09. The van der Waals surface area contributed by atoms with Crippen LogP contribution < -0.4 is 5.32 Å². The first-order valence-electron chi connectivity index (χ1n) is 7.37. The van der Waals surface area contributed by atoms with E-state index >= 15 is 0 Å². The monoisotopic (exact) mass is 305 g/mol. The Morgan fingerprint density at radius 2 is 1.95 bits per heavy atom. The van der Waals surface area contributed by atoms with Gasteiger partial charge in [0.25, 0.3) is 0 Å². The van der Waals surface area contributed by atoms with Gasteiger partial charge in [0.15, 0.2) is 0 Å². The summed E-state index contributed by atoms with van der Waals surface area (Å²) >= 11 is 1.70. The predicted molar refractivity (Wildman–Crippen MR) is 86.5 cm³/mol. The van der Waals surface area contributed by atoms with E-state index in [0.717, 1.165) is 37.0 Å². The van der Waals surface area contributed by atoms with Gasteiger partial charge in [0.1, 0.15) is 0 Å². The molecule has 0 saturated carbocycles. The Morgan fingerprint density at radius 1 is 1.19 bits per heavy atom. The Kier molecular flexibility index (Phi) is 6.20. The number of aromatic nitrogens is 4. The Balaban J connectivity index is 1.93. The van der Waals surface area contributed by atoms with E-state index in [2.05, 4.69) is 59.8 Å². The number of hydrogen-bond acceptors (Lipinski definition) is 5. The van der Waals surface area contributed by atoms with Crippen LogP contribution in [0.3, 0.4) is 0 Å². The summed E-state index contributed by atoms with van der Waals surface area (Å²) in [6, 6.07) is 6.41. The quantitative estimate of drug-likeness (QED) is 0.600. The number of thioether (sulfide) groups is 1. The molecule has 114 valence electrons. The van der Waals surface area contributed by atoms with Gasteiger partial charge in [-0.25, -0.2) is 4.68 Å². The standard InChI is InChI=1S/C15H23N5S/c1-4-8-16-9-10-20-15(17-18-19-20)21-11-14-12(2)6-5-7-13(14)3/h5-7,16H,4,8-11H2,1-3H3. The van der Waals surface area contributed by atoms with Crippen LogP contribution in [-0.2, 0) is 12.3 Å². The summed E-state index contributed by atoms with van der Waals surface area (Å²) in [6.45, 7) is 9.21. The third-order valence-electron chi connectivity index (χ3n) is 3.42. The van der Waals surface area contributed by atoms with E-state index in [1.165, 1.54) is 16.7 Å². The molecule has 6 heteroatoms. The average Bonchev–Trinajstić information content (AvgIpc) is 2.91. The maximum Gasteiger partial charge on any atom is 0.209 e. The second kappa shape index (κ2) is 8.14. The van der Waals surface area contributed by atoms with Gasteiger partial charge >= 0.3 is 0 Å². The summed E-state index contributed by atoms with van der Waals surface area (Å²) in [5, 5.41) is 16.2. The molecule has 0 spiro atoms. The van der Waals surface area contributed by atoms with Crippen LogP contribution in [0.1, 0.15) is 30.0 Å². The minimum absolute atomic E-state index is 0.808. The van der Waals surface area contributed by atoms with Crippen molar-refractivity contribution in [1.29, 1.82) is 0 Å². The second-order valence-corrected chi connectivity index (χ2v) is 6.04. The zero-order valence-electron chi connectivity index (χ0n) is 13.0. The molecular formula is C15H23N5S. The van der Waals surface area contributed by atoms with Crippen molar-refractivity contribution in [2.45, 2.75) is 44.6 Å². The zero-order valence-corrected chi connectivity index (χ0v) is 13.8. The summed E-state index contributed by atoms with van der Waals surface area (Å²) in [4.78, 5) is 0. The number of nitrogens with zero attached hydrogens (tertiary/aromatic N) is 4. The van der Waals surface area contributed by atoms with Crippen LogP contribution >= 0.6 is 11.8 Å². The summed E-state index contributed by atoms with van der Waals surface area (Å²) in [5.41, 5.74) is 4.03. The summed E-state index contributed by atoms with van der Waals surface area (Å²) in [7, 11) is 0. The van der Waals surface area contributed by atoms with E-state index in [-0.39, 0.29) is 0 Å². The van der Waals surface area contributed by atoms with Crippen molar-refractivity contribution in [2.24, 2.45) is 0 Å². The van der Waals surface area contributed by atoms with Crippen molar-refractivity contribution >= 4 is 11.8 Å². The topological polar surface area (TPSA) is 55.6 Å². The van der Waals surface area contributed by atoms with Crippen molar-refractivity contribution in [3.05, 3.63) is 34.9 Å². The lowest BCUT2D eigenvalue weighted by atomic mass is 10.1. The van der Waals surface area contributed by atoms with E-state index in [0.29, 0.717) is 0 Å². The fourth-order valence-electron chi connectivity index (χ4n) is 2.14. The number of rotatable bonds is 8. The molecule has 0 aliphatic rings. The van der Waals surface area contributed by atoms with Crippen LogP contribution in [0.15, 0.2) is 23.4 Å². The van der Waals surface area contributed by atoms with E-state index in [1.54, 1.807) is 11.8 Å². The number of tetrazole rings is 1. The largest absolute Gasteiger partial charge is 0.315 e. The minimum Gasteiger partial charge on any atom is -0.315 e. The van der Waals surface area contributed by atoms with Gasteiger partial charge < -0.3 is 5.32 Å². The van der Waals surface area contributed by atoms with Gasteiger partial charge in [0.05, 0.1) is 6.54 Å². The highest BCUT2D eigenvalue weighted by Crippen LogP contribution is 2.24. The molecule has 1 aromatic carbocycles. The fourth-order valence-corrected chi connectivity index (χ4v) is 3.24. The molecule has 21 heavy (non-hydrogen) atoms. The molecule has 1 N–H and O–H groups in total. The van der Waals surface area contributed by atoms with Crippen molar-refractivity contribution < 1.29 is 0 Å². The van der Waals surface area contributed by atoms with Gasteiger partial charge in [-0.1, -0.05) is 36.9 Å². The van der Waals surface area contributed by atoms with Crippen molar-refractivity contribution in [3.8, 4) is 0 Å². The first-order chi connectivity index (χ1) is 10.2. The van der Waals surface area contributed by atoms with E-state index in [4.69, 9.17) is 0 Å². The predicted octanol–water partition coefficient (Wildman–Crippen LogP) is 2.58. The maximum absolute atomic E-state index is 4.13. The van der Waals surface area contributed by atoms with Crippen molar-refractivity contribution in [1.82, 2.24) is 25.5 Å². The first-order valence-corrected chi connectivity index (χ1v) is 8.35. The van der Waals surface area contributed by atoms with Gasteiger partial charge in [-0.3, -0.25) is 0 Å². The zero-order chi connectivity index (χ0) is 15.1. The second-order valence-electron chi connectivity index (χ2n) is 5.09. The molecule has 0 amide bonds. The lowest BCUT2D eigenvalue weighted by molar-refractivity contribution is 0.510. The number of benzene rings is 1. The van der Waals surface area contributed by atoms with Gasteiger partial charge in [-0.05, 0) is 53.9 Å². The summed E-state index contributed by atoms with van der Waals surface area (Å²) in [5.74, 6) is 0.904. The molecule has 0 fully saturated rings. The van der Waals surface area contributed by atoms with Crippen molar-refractivity contribution in [3.63, 3.8) is 0 Å². The Morgan fingerprint density at radius 3 is 2.67 bits per heavy atom. The maximum atomic E-state index is 4.13. The van der Waals surface area contributed by atoms with Gasteiger partial charge in [-0.2, -0.15) is 0 Å². The Bertz CT molecular complexity index is 547. The van der Waals surface area contributed by atoms with Crippen LogP contribution in [0.4, 0.5) is 0 Å². The Hall–Kier alpha value is -1.40. The van der Waals surface area contributed by atoms with Crippen molar-refractivity contribution in [2.75, 3.05) is 13.1 Å². The highest BCUT2D eigenvalue weighted by Gasteiger charge is 2.09. The fraction of sp³-hybridized carbons (Fsp3) is 0.533. The molecule has 2 aromatic rings. The Labute approximate surface area is 130 Å². The van der Waals surface area contributed by atoms with Crippen LogP contribution in [0.2, 0.25) is 0 Å². The average molecular weight is 305 g/mol. The highest BCUT2D eigenvalue weighted by atomic mass is 32.2. The van der Waals surface area contributed by atoms with E-state index in [1.807, 2.05) is 4.68 Å². The lowest BCUT2D eigenvalue weighted by Crippen LogP contribution is -2.21. The van der Waals surface area contributed by atoms with Crippen LogP contribution in [0.5, 0.6) is 0 Å². The molecule has 2 rings (SSSR count). The SMILES string of the molecule is CCCNCCn1nnnc1SCc1c(C)cccc1C. The molecule has 0 radical (unpaired) electrons. The van der Waals surface area contributed by atoms with E-state index in [9.17, 15) is 0 Å². The first kappa shape index (κ1) is 16.0. The summed E-state index contributed by atoms with van der Waals surface area (Å²) in [6.07, 6.45) is 1.14. The number of nitrogens with one attached hydrogen (secondary N) is 1. The highest BCUT2D eigenvalue weighted by molar-refractivity contribution is 7.98. The van der Waals surface area contributed by atoms with E-state index < -0.39 is 0 Å². The molecule has 0 aliphatic carbocycles. The van der Waals surface area contributed by atoms with Crippen LogP contribution in [-0.4, -0.2) is 33.3 Å². The van der Waals surface area contributed by atoms with Crippen LogP contribution in [0, 0.1) is 13.8 Å². The van der Waals surface area contributed by atoms with Gasteiger partial charge in [-0.15, -0.1) is 5.10 Å². The third-order valence-corrected chi connectivity index (χ3v) is 4.40. The van der Waals surface area contributed by atoms with Gasteiger partial charge in [0.2, 0.25) is 5.16 Å². The number of aryl methyl sites for hydroxylation is 2. The molecule has 0 atom stereocenters. The van der Waals surface area contributed by atoms with Gasteiger partial charge in [0, 0.05) is 12.3 Å². The molecule has 0 unspecified atom stereocenters.